The van der Waals surface area contributed by atoms with Crippen molar-refractivity contribution in [3.8, 4) is 0 Å². The molecule has 0 saturated carbocycles. The number of urea groups is 1. The third-order valence-corrected chi connectivity index (χ3v) is 7.70. The average Bonchev–Trinajstić information content (AvgIpc) is 3.40. The molecule has 5 unspecified atom stereocenters. The Labute approximate surface area is 235 Å². The number of nitrogens with one attached hydrogen (secondary N) is 2. The molecule has 8 nitrogen and oxygen atoms in total. The van der Waals surface area contributed by atoms with E-state index in [2.05, 4.69) is 27.7 Å². The van der Waals surface area contributed by atoms with Gasteiger partial charge in [0.05, 0.1) is 24.9 Å². The molecule has 0 spiro atoms. The summed E-state index contributed by atoms with van der Waals surface area (Å²) in [6.45, 7) is 5.01. The van der Waals surface area contributed by atoms with E-state index in [4.69, 9.17) is 9.47 Å². The van der Waals surface area contributed by atoms with E-state index in [1.165, 1.54) is 0 Å². The van der Waals surface area contributed by atoms with Gasteiger partial charge in [-0.1, -0.05) is 78.9 Å². The van der Waals surface area contributed by atoms with Crippen LogP contribution in [0.2, 0.25) is 0 Å². The molecule has 0 bridgehead atoms. The first-order valence-electron chi connectivity index (χ1n) is 14.1. The van der Waals surface area contributed by atoms with Crippen LogP contribution in [0, 0.1) is 0 Å². The summed E-state index contributed by atoms with van der Waals surface area (Å²) in [5, 5.41) is 25.4. The Bertz CT molecular complexity index is 1220. The summed E-state index contributed by atoms with van der Waals surface area (Å²) in [5.74, 6) is -0.0734. The van der Waals surface area contributed by atoms with E-state index in [0.717, 1.165) is 40.8 Å². The number of ether oxygens (including phenoxy) is 2. The summed E-state index contributed by atoms with van der Waals surface area (Å²) in [5.41, 5.74) is 4.88. The molecule has 2 aliphatic heterocycles. The maximum absolute atomic E-state index is 11.8. The molecule has 3 aromatic rings. The van der Waals surface area contributed by atoms with Crippen molar-refractivity contribution in [1.82, 2.24) is 15.5 Å². The van der Waals surface area contributed by atoms with Gasteiger partial charge in [-0.25, -0.2) is 4.79 Å². The minimum Gasteiger partial charge on any atom is -0.392 e. The Hall–Kier alpha value is -3.27. The normalized spacial score (nSPS) is 25.0. The largest absolute Gasteiger partial charge is 0.392 e. The zero-order valence-corrected chi connectivity index (χ0v) is 22.9. The number of β-amino-alcohol motifs (C(OH)–C–C–N with tert-alkyl or cyclic N) is 1. The first kappa shape index (κ1) is 28.3. The zero-order chi connectivity index (χ0) is 27.9. The van der Waals surface area contributed by atoms with Gasteiger partial charge in [-0.2, -0.15) is 0 Å². The number of nitrogens with zero attached hydrogens (tertiary/aromatic N) is 1. The van der Waals surface area contributed by atoms with Gasteiger partial charge >= 0.3 is 6.03 Å². The molecule has 2 fully saturated rings. The van der Waals surface area contributed by atoms with E-state index in [0.29, 0.717) is 26.2 Å². The highest BCUT2D eigenvalue weighted by molar-refractivity contribution is 5.73. The maximum atomic E-state index is 11.8. The predicted octanol–water partition coefficient (Wildman–Crippen LogP) is 4.00. The molecule has 5 atom stereocenters. The van der Waals surface area contributed by atoms with Crippen molar-refractivity contribution >= 4 is 6.03 Å². The first-order chi connectivity index (χ1) is 19.5. The van der Waals surface area contributed by atoms with Gasteiger partial charge < -0.3 is 30.3 Å². The first-order valence-corrected chi connectivity index (χ1v) is 14.1. The minimum absolute atomic E-state index is 0.0130. The second kappa shape index (κ2) is 13.4. The Kier molecular flexibility index (Phi) is 9.46. The number of rotatable bonds is 9. The second-order valence-corrected chi connectivity index (χ2v) is 10.6. The smallest absolute Gasteiger partial charge is 0.315 e. The van der Waals surface area contributed by atoms with Gasteiger partial charge in [-0.15, -0.1) is 0 Å². The predicted molar refractivity (Wildman–Crippen MR) is 152 cm³/mol. The summed E-state index contributed by atoms with van der Waals surface area (Å²) >= 11 is 0. The zero-order valence-electron chi connectivity index (χ0n) is 22.9. The van der Waals surface area contributed by atoms with Crippen LogP contribution in [0.25, 0.3) is 0 Å². The molecule has 40 heavy (non-hydrogen) atoms. The number of likely N-dealkylation sites (tertiary alicyclic amines) is 1. The number of amides is 2. The van der Waals surface area contributed by atoms with Crippen LogP contribution >= 0.6 is 0 Å². The Morgan fingerprint density at radius 1 is 0.900 bits per heavy atom. The van der Waals surface area contributed by atoms with Gasteiger partial charge in [0.1, 0.15) is 0 Å². The van der Waals surface area contributed by atoms with Crippen molar-refractivity contribution in [3.05, 3.63) is 107 Å². The number of hydrogen-bond donors (Lipinski definition) is 4. The SMILES string of the molecule is CCNC(=O)NCc1ccc(C2OC(CN3CCC(O)C3)C(c3ccccc3)C(c3ccc(CO)cc3)O2)cc1. The lowest BCUT2D eigenvalue weighted by molar-refractivity contribution is -0.263. The van der Waals surface area contributed by atoms with Crippen molar-refractivity contribution < 1.29 is 24.5 Å². The molecule has 212 valence electrons. The lowest BCUT2D eigenvalue weighted by atomic mass is 9.83. The molecule has 3 aromatic carbocycles. The van der Waals surface area contributed by atoms with E-state index < -0.39 is 6.29 Å². The van der Waals surface area contributed by atoms with Crippen LogP contribution in [-0.4, -0.2) is 59.5 Å². The maximum Gasteiger partial charge on any atom is 0.315 e. The number of hydrogen-bond acceptors (Lipinski definition) is 6. The van der Waals surface area contributed by atoms with E-state index >= 15 is 0 Å². The monoisotopic (exact) mass is 545 g/mol. The van der Waals surface area contributed by atoms with E-state index in [1.807, 2.05) is 73.7 Å². The molecule has 0 radical (unpaired) electrons. The lowest BCUT2D eigenvalue weighted by Crippen LogP contribution is -2.44. The highest BCUT2D eigenvalue weighted by atomic mass is 16.7. The third kappa shape index (κ3) is 6.89. The van der Waals surface area contributed by atoms with Crippen LogP contribution in [0.4, 0.5) is 4.79 Å². The fourth-order valence-electron chi connectivity index (χ4n) is 5.60. The summed E-state index contributed by atoms with van der Waals surface area (Å²) in [6, 6.07) is 26.0. The molecule has 2 amide bonds. The number of carbonyl (C=O) groups is 1. The van der Waals surface area contributed by atoms with E-state index in [9.17, 15) is 15.0 Å². The Morgan fingerprint density at radius 2 is 1.60 bits per heavy atom. The molecule has 0 aliphatic carbocycles. The molecule has 8 heteroatoms. The number of benzene rings is 3. The Morgan fingerprint density at radius 3 is 2.25 bits per heavy atom. The minimum atomic E-state index is -0.592. The van der Waals surface area contributed by atoms with Gasteiger partial charge in [-0.3, -0.25) is 4.90 Å². The van der Waals surface area contributed by atoms with Crippen molar-refractivity contribution in [2.24, 2.45) is 0 Å². The van der Waals surface area contributed by atoms with Crippen LogP contribution in [0.5, 0.6) is 0 Å². The highest BCUT2D eigenvalue weighted by Crippen LogP contribution is 2.47. The van der Waals surface area contributed by atoms with Crippen molar-refractivity contribution in [1.29, 1.82) is 0 Å². The summed E-state index contributed by atoms with van der Waals surface area (Å²) in [6.07, 6.45) is -0.613. The number of aliphatic hydroxyl groups is 2. The van der Waals surface area contributed by atoms with E-state index in [1.54, 1.807) is 0 Å². The van der Waals surface area contributed by atoms with E-state index in [-0.39, 0.29) is 36.9 Å². The van der Waals surface area contributed by atoms with Crippen molar-refractivity contribution in [2.45, 2.75) is 57.0 Å². The molecular formula is C32H39N3O5. The molecule has 4 N–H and O–H groups in total. The second-order valence-electron chi connectivity index (χ2n) is 10.6. The van der Waals surface area contributed by atoms with Gasteiger partial charge in [0, 0.05) is 44.2 Å². The van der Waals surface area contributed by atoms with Crippen molar-refractivity contribution in [2.75, 3.05) is 26.2 Å². The summed E-state index contributed by atoms with van der Waals surface area (Å²) in [4.78, 5) is 14.1. The summed E-state index contributed by atoms with van der Waals surface area (Å²) < 4.78 is 13.5. The molecular weight excluding hydrogens is 506 g/mol. The van der Waals surface area contributed by atoms with Crippen molar-refractivity contribution in [3.63, 3.8) is 0 Å². The molecule has 2 saturated heterocycles. The van der Waals surface area contributed by atoms with Crippen LogP contribution in [-0.2, 0) is 22.6 Å². The van der Waals surface area contributed by atoms with Gasteiger partial charge in [0.25, 0.3) is 0 Å². The fourth-order valence-corrected chi connectivity index (χ4v) is 5.60. The molecule has 0 aromatic heterocycles. The van der Waals surface area contributed by atoms with Gasteiger partial charge in [-0.05, 0) is 35.6 Å². The van der Waals surface area contributed by atoms with Crippen LogP contribution in [0.1, 0.15) is 59.5 Å². The average molecular weight is 546 g/mol. The third-order valence-electron chi connectivity index (χ3n) is 7.70. The topological polar surface area (TPSA) is 103 Å². The Balaban J connectivity index is 1.44. The van der Waals surface area contributed by atoms with Crippen LogP contribution < -0.4 is 10.6 Å². The molecule has 2 aliphatic rings. The highest BCUT2D eigenvalue weighted by Gasteiger charge is 2.43. The number of aliphatic hydroxyl groups excluding tert-OH is 2. The standard InChI is InChI=1S/C32H39N3O5/c1-2-33-32(38)34-18-22-8-14-26(15-9-22)31-39-28(20-35-17-16-27(37)19-35)29(24-6-4-3-5-7-24)30(40-31)25-12-10-23(21-36)11-13-25/h3-15,27-31,36-37H,2,16-21H2,1H3,(H2,33,34,38). The quantitative estimate of drug-likeness (QED) is 0.324. The molecule has 5 rings (SSSR count). The van der Waals surface area contributed by atoms with Gasteiger partial charge in [0.15, 0.2) is 6.29 Å². The lowest BCUT2D eigenvalue weighted by Gasteiger charge is -2.44. The van der Waals surface area contributed by atoms with Gasteiger partial charge in [0.2, 0.25) is 0 Å². The van der Waals surface area contributed by atoms with Crippen LogP contribution in [0.15, 0.2) is 78.9 Å². The fraction of sp³-hybridized carbons (Fsp3) is 0.406. The summed E-state index contributed by atoms with van der Waals surface area (Å²) in [7, 11) is 0. The number of carbonyl (C=O) groups excluding carboxylic acids is 1. The van der Waals surface area contributed by atoms with Crippen LogP contribution in [0.3, 0.4) is 0 Å². The molecule has 2 heterocycles.